The van der Waals surface area contributed by atoms with Gasteiger partial charge in [0, 0.05) is 31.3 Å². The topological polar surface area (TPSA) is 53.1 Å². The van der Waals surface area contributed by atoms with E-state index in [1.54, 1.807) is 0 Å². The van der Waals surface area contributed by atoms with Crippen LogP contribution in [-0.2, 0) is 6.54 Å². The van der Waals surface area contributed by atoms with Gasteiger partial charge in [-0.3, -0.25) is 0 Å². The fourth-order valence-corrected chi connectivity index (χ4v) is 1.49. The van der Waals surface area contributed by atoms with Gasteiger partial charge in [0.1, 0.15) is 0 Å². The quantitative estimate of drug-likeness (QED) is 0.758. The summed E-state index contributed by atoms with van der Waals surface area (Å²) in [6, 6.07) is 8.08. The van der Waals surface area contributed by atoms with Crippen molar-refractivity contribution in [2.24, 2.45) is 0 Å². The van der Waals surface area contributed by atoms with Crippen molar-refractivity contribution in [3.63, 3.8) is 0 Å². The van der Waals surface area contributed by atoms with E-state index in [1.165, 1.54) is 0 Å². The van der Waals surface area contributed by atoms with E-state index in [2.05, 4.69) is 16.5 Å². The lowest BCUT2D eigenvalue weighted by Crippen LogP contribution is -2.13. The molecular weight excluding hydrogens is 188 g/mol. The minimum absolute atomic E-state index is 0.541. The third-order valence-electron chi connectivity index (χ3n) is 2.24. The Morgan fingerprint density at radius 3 is 3.27 bits per heavy atom. The molecule has 2 heterocycles. The van der Waals surface area contributed by atoms with Gasteiger partial charge in [0.15, 0.2) is 0 Å². The van der Waals surface area contributed by atoms with Crippen LogP contribution in [0.25, 0.3) is 5.52 Å². The Bertz CT molecular complexity index is 481. The minimum Gasteiger partial charge on any atom is -0.312 e. The van der Waals surface area contributed by atoms with E-state index in [4.69, 9.17) is 5.26 Å². The fourth-order valence-electron chi connectivity index (χ4n) is 1.49. The van der Waals surface area contributed by atoms with Crippen molar-refractivity contribution in [1.29, 1.82) is 5.26 Å². The van der Waals surface area contributed by atoms with Crippen LogP contribution in [0.1, 0.15) is 12.0 Å². The average molecular weight is 200 g/mol. The number of nitrogens with one attached hydrogen (secondary N) is 1. The van der Waals surface area contributed by atoms with Gasteiger partial charge >= 0.3 is 0 Å². The van der Waals surface area contributed by atoms with Gasteiger partial charge in [0.2, 0.25) is 0 Å². The minimum atomic E-state index is 0.541. The molecule has 2 aromatic heterocycles. The highest BCUT2D eigenvalue weighted by atomic mass is 15.2. The SMILES string of the molecule is N#CCCNCc1cnn2ccccc12. The lowest BCUT2D eigenvalue weighted by molar-refractivity contribution is 0.702. The standard InChI is InChI=1S/C11H12N4/c12-5-3-6-13-8-10-9-14-15-7-2-1-4-11(10)15/h1-2,4,7,9,13H,3,6,8H2. The van der Waals surface area contributed by atoms with Gasteiger partial charge in [0.25, 0.3) is 0 Å². The highest BCUT2D eigenvalue weighted by Crippen LogP contribution is 2.08. The molecule has 0 atom stereocenters. The zero-order valence-corrected chi connectivity index (χ0v) is 8.35. The lowest BCUT2D eigenvalue weighted by atomic mass is 10.2. The van der Waals surface area contributed by atoms with Crippen molar-refractivity contribution in [1.82, 2.24) is 14.9 Å². The maximum absolute atomic E-state index is 8.39. The molecule has 0 aliphatic heterocycles. The number of fused-ring (bicyclic) bond motifs is 1. The molecule has 15 heavy (non-hydrogen) atoms. The summed E-state index contributed by atoms with van der Waals surface area (Å²) in [4.78, 5) is 0. The predicted molar refractivity (Wildman–Crippen MR) is 57.1 cm³/mol. The van der Waals surface area contributed by atoms with Crippen LogP contribution in [0.4, 0.5) is 0 Å². The van der Waals surface area contributed by atoms with Crippen molar-refractivity contribution in [3.05, 3.63) is 36.2 Å². The van der Waals surface area contributed by atoms with Crippen LogP contribution in [-0.4, -0.2) is 16.2 Å². The van der Waals surface area contributed by atoms with Crippen molar-refractivity contribution >= 4 is 5.52 Å². The summed E-state index contributed by atoms with van der Waals surface area (Å²) in [7, 11) is 0. The Morgan fingerprint density at radius 1 is 1.47 bits per heavy atom. The molecule has 0 aliphatic rings. The summed E-state index contributed by atoms with van der Waals surface area (Å²) in [6.45, 7) is 1.48. The van der Waals surface area contributed by atoms with Crippen LogP contribution in [0.2, 0.25) is 0 Å². The highest BCUT2D eigenvalue weighted by molar-refractivity contribution is 5.53. The van der Waals surface area contributed by atoms with E-state index in [1.807, 2.05) is 35.1 Å². The van der Waals surface area contributed by atoms with Gasteiger partial charge in [-0.2, -0.15) is 10.4 Å². The molecule has 2 rings (SSSR count). The summed E-state index contributed by atoms with van der Waals surface area (Å²) < 4.78 is 1.85. The molecule has 0 radical (unpaired) electrons. The number of pyridine rings is 1. The first kappa shape index (κ1) is 9.69. The van der Waals surface area contributed by atoms with E-state index in [9.17, 15) is 0 Å². The van der Waals surface area contributed by atoms with Gasteiger partial charge < -0.3 is 5.32 Å². The van der Waals surface area contributed by atoms with Crippen LogP contribution in [0, 0.1) is 11.3 Å². The molecule has 0 aliphatic carbocycles. The normalized spacial score (nSPS) is 10.3. The van der Waals surface area contributed by atoms with E-state index in [0.717, 1.165) is 24.2 Å². The molecule has 0 unspecified atom stereocenters. The molecule has 0 fully saturated rings. The smallest absolute Gasteiger partial charge is 0.0706 e. The highest BCUT2D eigenvalue weighted by Gasteiger charge is 2.01. The van der Waals surface area contributed by atoms with Crippen LogP contribution in [0.15, 0.2) is 30.6 Å². The second-order valence-corrected chi connectivity index (χ2v) is 3.29. The zero-order valence-electron chi connectivity index (χ0n) is 8.35. The Balaban J connectivity index is 2.05. The number of hydrogen-bond donors (Lipinski definition) is 1. The molecular formula is C11H12N4. The van der Waals surface area contributed by atoms with E-state index < -0.39 is 0 Å². The maximum Gasteiger partial charge on any atom is 0.0706 e. The Kier molecular flexibility index (Phi) is 2.96. The van der Waals surface area contributed by atoms with Crippen LogP contribution < -0.4 is 5.32 Å². The average Bonchev–Trinajstić information content (AvgIpc) is 2.68. The number of nitrogens with zero attached hydrogens (tertiary/aromatic N) is 3. The molecule has 0 saturated heterocycles. The van der Waals surface area contributed by atoms with Crippen LogP contribution >= 0.6 is 0 Å². The summed E-state index contributed by atoms with van der Waals surface area (Å²) in [5, 5.41) is 15.8. The van der Waals surface area contributed by atoms with Crippen molar-refractivity contribution in [2.75, 3.05) is 6.54 Å². The van der Waals surface area contributed by atoms with Crippen molar-refractivity contribution in [2.45, 2.75) is 13.0 Å². The number of hydrogen-bond acceptors (Lipinski definition) is 3. The third kappa shape index (κ3) is 2.14. The van der Waals surface area contributed by atoms with Gasteiger partial charge in [-0.05, 0) is 12.1 Å². The molecule has 4 heteroatoms. The molecule has 2 aromatic rings. The van der Waals surface area contributed by atoms with Gasteiger partial charge in [-0.25, -0.2) is 4.52 Å². The van der Waals surface area contributed by atoms with Crippen LogP contribution in [0.5, 0.6) is 0 Å². The Labute approximate surface area is 88.1 Å². The first-order valence-corrected chi connectivity index (χ1v) is 4.91. The number of aromatic nitrogens is 2. The largest absolute Gasteiger partial charge is 0.312 e. The summed E-state index contributed by atoms with van der Waals surface area (Å²) in [5.41, 5.74) is 2.27. The summed E-state index contributed by atoms with van der Waals surface area (Å²) in [6.07, 6.45) is 4.32. The molecule has 76 valence electrons. The second kappa shape index (κ2) is 4.58. The van der Waals surface area contributed by atoms with E-state index in [-0.39, 0.29) is 0 Å². The molecule has 0 saturated carbocycles. The van der Waals surface area contributed by atoms with E-state index in [0.29, 0.717) is 6.42 Å². The van der Waals surface area contributed by atoms with Crippen molar-refractivity contribution < 1.29 is 0 Å². The fraction of sp³-hybridized carbons (Fsp3) is 0.273. The maximum atomic E-state index is 8.39. The zero-order chi connectivity index (χ0) is 10.5. The van der Waals surface area contributed by atoms with Gasteiger partial charge in [0.05, 0.1) is 17.8 Å². The van der Waals surface area contributed by atoms with Gasteiger partial charge in [-0.15, -0.1) is 0 Å². The summed E-state index contributed by atoms with van der Waals surface area (Å²) >= 11 is 0. The third-order valence-corrected chi connectivity index (χ3v) is 2.24. The second-order valence-electron chi connectivity index (χ2n) is 3.29. The van der Waals surface area contributed by atoms with E-state index >= 15 is 0 Å². The monoisotopic (exact) mass is 200 g/mol. The molecule has 1 N–H and O–H groups in total. The molecule has 4 nitrogen and oxygen atoms in total. The number of nitriles is 1. The first-order valence-electron chi connectivity index (χ1n) is 4.91. The predicted octanol–water partition coefficient (Wildman–Crippen LogP) is 1.34. The molecule has 0 spiro atoms. The summed E-state index contributed by atoms with van der Waals surface area (Å²) in [5.74, 6) is 0. The van der Waals surface area contributed by atoms with Gasteiger partial charge in [-0.1, -0.05) is 6.07 Å². The lowest BCUT2D eigenvalue weighted by Gasteiger charge is -1.99. The molecule has 0 bridgehead atoms. The molecule has 0 aromatic carbocycles. The molecule has 0 amide bonds. The Hall–Kier alpha value is -1.86. The first-order chi connectivity index (χ1) is 7.42. The van der Waals surface area contributed by atoms with Crippen LogP contribution in [0.3, 0.4) is 0 Å². The Morgan fingerprint density at radius 2 is 2.40 bits per heavy atom. The van der Waals surface area contributed by atoms with Crippen molar-refractivity contribution in [3.8, 4) is 6.07 Å². The number of rotatable bonds is 4.